The van der Waals surface area contributed by atoms with E-state index in [4.69, 9.17) is 19.9 Å². The van der Waals surface area contributed by atoms with E-state index < -0.39 is 36.1 Å². The molecule has 236 valence electrons. The van der Waals surface area contributed by atoms with Crippen LogP contribution in [0, 0.1) is 0 Å². The van der Waals surface area contributed by atoms with Crippen molar-refractivity contribution in [1.82, 2.24) is 15.2 Å². The fraction of sp³-hybridized carbons (Fsp3) is 0.294. The molecular formula is C34H38N4O7. The van der Waals surface area contributed by atoms with Gasteiger partial charge < -0.3 is 30.2 Å². The number of unbranched alkanes of at least 4 members (excludes halogenated alkanes) is 1. The number of aromatic amines is 1. The maximum atomic E-state index is 13.9. The van der Waals surface area contributed by atoms with Gasteiger partial charge in [-0.25, -0.2) is 14.4 Å². The number of nitrogens with two attached hydrogens (primary N) is 1. The summed E-state index contributed by atoms with van der Waals surface area (Å²) in [6, 6.07) is 23.0. The van der Waals surface area contributed by atoms with Crippen LogP contribution in [0.2, 0.25) is 0 Å². The summed E-state index contributed by atoms with van der Waals surface area (Å²) in [6.07, 6.45) is 0.756. The van der Waals surface area contributed by atoms with Gasteiger partial charge in [0.25, 0.3) is 0 Å². The lowest BCUT2D eigenvalue weighted by molar-refractivity contribution is -0.145. The normalized spacial score (nSPS) is 12.1. The number of fused-ring (bicyclic) bond motifs is 1. The molecule has 1 heterocycles. The zero-order valence-electron chi connectivity index (χ0n) is 25.1. The van der Waals surface area contributed by atoms with E-state index in [1.54, 1.807) is 54.7 Å². The van der Waals surface area contributed by atoms with Crippen molar-refractivity contribution < 1.29 is 33.4 Å². The maximum Gasteiger partial charge on any atom is 0.420 e. The third kappa shape index (κ3) is 9.16. The van der Waals surface area contributed by atoms with Gasteiger partial charge in [-0.15, -0.1) is 0 Å². The van der Waals surface area contributed by atoms with Crippen molar-refractivity contribution in [3.8, 4) is 0 Å². The van der Waals surface area contributed by atoms with E-state index in [2.05, 4.69) is 10.3 Å². The Morgan fingerprint density at radius 3 is 1.98 bits per heavy atom. The first-order chi connectivity index (χ1) is 21.9. The molecule has 0 radical (unpaired) electrons. The molecule has 0 saturated carbocycles. The number of ether oxygens (including phenoxy) is 3. The average Bonchev–Trinajstić information content (AvgIpc) is 3.48. The fourth-order valence-corrected chi connectivity index (χ4v) is 4.89. The van der Waals surface area contributed by atoms with Gasteiger partial charge in [-0.3, -0.25) is 4.79 Å². The molecule has 4 aromatic rings. The highest BCUT2D eigenvalue weighted by Gasteiger charge is 2.39. The summed E-state index contributed by atoms with van der Waals surface area (Å²) in [7, 11) is 1.23. The van der Waals surface area contributed by atoms with Crippen LogP contribution in [-0.2, 0) is 43.4 Å². The molecule has 0 aliphatic rings. The van der Waals surface area contributed by atoms with Gasteiger partial charge in [-0.05, 0) is 48.6 Å². The Balaban J connectivity index is 1.60. The molecule has 0 unspecified atom stereocenters. The summed E-state index contributed by atoms with van der Waals surface area (Å²) >= 11 is 0. The Hall–Kier alpha value is -5.16. The zero-order valence-corrected chi connectivity index (χ0v) is 25.1. The predicted molar refractivity (Wildman–Crippen MR) is 168 cm³/mol. The molecule has 0 aliphatic heterocycles. The summed E-state index contributed by atoms with van der Waals surface area (Å²) in [5.41, 5.74) is 8.74. The van der Waals surface area contributed by atoms with Crippen molar-refractivity contribution in [3.05, 3.63) is 108 Å². The third-order valence-corrected chi connectivity index (χ3v) is 7.25. The molecule has 11 heteroatoms. The molecule has 0 spiro atoms. The van der Waals surface area contributed by atoms with E-state index in [1.165, 1.54) is 7.11 Å². The van der Waals surface area contributed by atoms with Crippen LogP contribution in [0.1, 0.15) is 36.0 Å². The van der Waals surface area contributed by atoms with Crippen molar-refractivity contribution in [2.24, 2.45) is 5.73 Å². The summed E-state index contributed by atoms with van der Waals surface area (Å²) in [6.45, 7) is 0.0752. The van der Waals surface area contributed by atoms with Gasteiger partial charge in [0.15, 0.2) is 0 Å². The highest BCUT2D eigenvalue weighted by atomic mass is 16.6. The Labute approximate surface area is 261 Å². The van der Waals surface area contributed by atoms with Crippen molar-refractivity contribution >= 4 is 35.0 Å². The number of esters is 1. The minimum atomic E-state index is -1.36. The van der Waals surface area contributed by atoms with Crippen LogP contribution < -0.4 is 11.1 Å². The minimum Gasteiger partial charge on any atom is -0.467 e. The molecule has 0 saturated heterocycles. The van der Waals surface area contributed by atoms with Crippen LogP contribution in [0.5, 0.6) is 0 Å². The molecule has 0 fully saturated rings. The lowest BCUT2D eigenvalue weighted by Crippen LogP contribution is -2.56. The Morgan fingerprint density at radius 2 is 1.40 bits per heavy atom. The van der Waals surface area contributed by atoms with Crippen LogP contribution >= 0.6 is 0 Å². The predicted octanol–water partition coefficient (Wildman–Crippen LogP) is 4.84. The van der Waals surface area contributed by atoms with Gasteiger partial charge in [-0.2, -0.15) is 4.90 Å². The summed E-state index contributed by atoms with van der Waals surface area (Å²) in [5, 5.41) is 3.60. The first-order valence-corrected chi connectivity index (χ1v) is 14.7. The van der Waals surface area contributed by atoms with Crippen LogP contribution in [0.3, 0.4) is 0 Å². The standard InChI is InChI=1S/C34H38N4O7/c1-43-32(40)29(20-26-21-36-28-17-9-8-16-27(26)28)37-31(39)30(18-10-11-19-35)38(33(41)44-22-24-12-4-2-5-13-24)34(42)45-23-25-14-6-3-7-15-25/h2-9,12-17,21,29-30,36H,10-11,18-20,22-23,35H2,1H3,(H,37,39)/t29-,30+/m0/s1. The molecule has 4 N–H and O–H groups in total. The van der Waals surface area contributed by atoms with Crippen LogP contribution in [0.4, 0.5) is 9.59 Å². The second kappa shape index (κ2) is 16.6. The quantitative estimate of drug-likeness (QED) is 0.104. The van der Waals surface area contributed by atoms with E-state index in [1.807, 2.05) is 36.4 Å². The number of hydrogen-bond acceptors (Lipinski definition) is 8. The number of rotatable bonds is 14. The van der Waals surface area contributed by atoms with Crippen molar-refractivity contribution in [1.29, 1.82) is 0 Å². The highest BCUT2D eigenvalue weighted by molar-refractivity contribution is 5.97. The van der Waals surface area contributed by atoms with Gasteiger partial charge in [0.1, 0.15) is 25.3 Å². The van der Waals surface area contributed by atoms with E-state index in [-0.39, 0.29) is 26.1 Å². The van der Waals surface area contributed by atoms with E-state index in [9.17, 15) is 19.2 Å². The monoisotopic (exact) mass is 614 g/mol. The molecule has 0 bridgehead atoms. The van der Waals surface area contributed by atoms with Gasteiger partial charge in [0.2, 0.25) is 5.91 Å². The lowest BCUT2D eigenvalue weighted by Gasteiger charge is -2.29. The Bertz CT molecular complexity index is 1500. The number of nitrogens with zero attached hydrogens (tertiary/aromatic N) is 1. The van der Waals surface area contributed by atoms with Gasteiger partial charge in [0, 0.05) is 23.5 Å². The number of para-hydroxylation sites is 1. The maximum absolute atomic E-state index is 13.9. The molecule has 4 rings (SSSR count). The summed E-state index contributed by atoms with van der Waals surface area (Å²) in [4.78, 5) is 57.7. The number of H-pyrrole nitrogens is 1. The molecule has 45 heavy (non-hydrogen) atoms. The van der Waals surface area contributed by atoms with Crippen molar-refractivity contribution in [3.63, 3.8) is 0 Å². The first-order valence-electron chi connectivity index (χ1n) is 14.7. The second-order valence-corrected chi connectivity index (χ2v) is 10.4. The summed E-state index contributed by atoms with van der Waals surface area (Å²) in [5.74, 6) is -1.42. The Kier molecular flexibility index (Phi) is 12.1. The van der Waals surface area contributed by atoms with Gasteiger partial charge in [-0.1, -0.05) is 78.9 Å². The largest absolute Gasteiger partial charge is 0.467 e. The first kappa shape index (κ1) is 32.7. The van der Waals surface area contributed by atoms with Gasteiger partial charge in [0.05, 0.1) is 7.11 Å². The van der Waals surface area contributed by atoms with Crippen molar-refractivity contribution in [2.45, 2.75) is 51.0 Å². The molecule has 0 aliphatic carbocycles. The highest BCUT2D eigenvalue weighted by Crippen LogP contribution is 2.21. The lowest BCUT2D eigenvalue weighted by atomic mass is 10.0. The smallest absolute Gasteiger partial charge is 0.420 e. The molecule has 3 aromatic carbocycles. The molecule has 11 nitrogen and oxygen atoms in total. The number of aromatic nitrogens is 1. The zero-order chi connectivity index (χ0) is 32.0. The summed E-state index contributed by atoms with van der Waals surface area (Å²) < 4.78 is 16.0. The number of carbonyl (C=O) groups is 4. The molecule has 3 amide bonds. The number of amides is 3. The van der Waals surface area contributed by atoms with E-state index >= 15 is 0 Å². The van der Waals surface area contributed by atoms with Crippen molar-refractivity contribution in [2.75, 3.05) is 13.7 Å². The third-order valence-electron chi connectivity index (χ3n) is 7.25. The fourth-order valence-electron chi connectivity index (χ4n) is 4.89. The number of nitrogens with one attached hydrogen (secondary N) is 2. The number of benzene rings is 3. The average molecular weight is 615 g/mol. The minimum absolute atomic E-state index is 0.0604. The number of carbonyl (C=O) groups excluding carboxylic acids is 4. The topological polar surface area (TPSA) is 153 Å². The van der Waals surface area contributed by atoms with E-state index in [0.717, 1.165) is 16.5 Å². The van der Waals surface area contributed by atoms with Crippen LogP contribution in [0.25, 0.3) is 10.9 Å². The molecular weight excluding hydrogens is 576 g/mol. The Morgan fingerprint density at radius 1 is 0.822 bits per heavy atom. The van der Waals surface area contributed by atoms with Crippen LogP contribution in [0.15, 0.2) is 91.1 Å². The molecule has 1 aromatic heterocycles. The van der Waals surface area contributed by atoms with Gasteiger partial charge >= 0.3 is 18.2 Å². The SMILES string of the molecule is COC(=O)[C@H](Cc1c[nH]c2ccccc12)NC(=O)[C@@H](CCCCN)N(C(=O)OCc1ccccc1)C(=O)OCc1ccccc1. The number of imide groups is 1. The molecule has 2 atom stereocenters. The number of hydrogen-bond donors (Lipinski definition) is 3. The van der Waals surface area contributed by atoms with Crippen LogP contribution in [-0.4, -0.2) is 59.7 Å². The van der Waals surface area contributed by atoms with E-state index in [0.29, 0.717) is 35.4 Å². The second-order valence-electron chi connectivity index (χ2n) is 10.4. The number of methoxy groups -OCH3 is 1.